The Kier molecular flexibility index (Phi) is 3.44. The van der Waals surface area contributed by atoms with Crippen LogP contribution in [0.4, 0.5) is 0 Å². The van der Waals surface area contributed by atoms with Gasteiger partial charge in [0.25, 0.3) is 0 Å². The fourth-order valence-corrected chi connectivity index (χ4v) is 1.74. The highest BCUT2D eigenvalue weighted by molar-refractivity contribution is 5.73. The number of nitriles is 1. The summed E-state index contributed by atoms with van der Waals surface area (Å²) in [5, 5.41) is 9.03. The van der Waals surface area contributed by atoms with Gasteiger partial charge in [-0.25, -0.2) is 0 Å². The van der Waals surface area contributed by atoms with E-state index in [0.717, 1.165) is 11.3 Å². The highest BCUT2D eigenvalue weighted by Gasteiger charge is 2.14. The molecule has 0 unspecified atom stereocenters. The number of nitrogens with zero attached hydrogens (tertiary/aromatic N) is 2. The van der Waals surface area contributed by atoms with Gasteiger partial charge in [0.2, 0.25) is 0 Å². The molecule has 1 aromatic carbocycles. The van der Waals surface area contributed by atoms with Crippen molar-refractivity contribution in [1.82, 2.24) is 4.98 Å². The molecule has 0 bridgehead atoms. The van der Waals surface area contributed by atoms with Gasteiger partial charge in [0, 0.05) is 17.8 Å². The summed E-state index contributed by atoms with van der Waals surface area (Å²) in [4.78, 5) is 4.26. The van der Waals surface area contributed by atoms with E-state index in [2.05, 4.69) is 11.1 Å². The first-order valence-electron chi connectivity index (χ1n) is 5.37. The molecule has 0 radical (unpaired) electrons. The lowest BCUT2D eigenvalue weighted by molar-refractivity contribution is 0.356. The Morgan fingerprint density at radius 2 is 2.00 bits per heavy atom. The third kappa shape index (κ3) is 2.11. The molecular weight excluding hydrogens is 228 g/mol. The molecule has 0 saturated heterocycles. The molecule has 0 N–H and O–H groups in total. The van der Waals surface area contributed by atoms with Crippen molar-refractivity contribution in [3.8, 4) is 28.8 Å². The molecule has 1 aromatic heterocycles. The van der Waals surface area contributed by atoms with Crippen molar-refractivity contribution in [2.75, 3.05) is 14.2 Å². The molecular formula is C14H12N2O2. The zero-order valence-electron chi connectivity index (χ0n) is 10.2. The van der Waals surface area contributed by atoms with Crippen LogP contribution in [-0.2, 0) is 0 Å². The molecule has 2 aromatic rings. The van der Waals surface area contributed by atoms with Gasteiger partial charge >= 0.3 is 0 Å². The van der Waals surface area contributed by atoms with Gasteiger partial charge < -0.3 is 9.47 Å². The Balaban J connectivity index is 2.69. The Hall–Kier alpha value is -2.54. The summed E-state index contributed by atoms with van der Waals surface area (Å²) in [5.74, 6) is 1.10. The van der Waals surface area contributed by atoms with Crippen LogP contribution in [0.2, 0.25) is 0 Å². The zero-order valence-corrected chi connectivity index (χ0v) is 10.2. The van der Waals surface area contributed by atoms with Crippen molar-refractivity contribution in [2.24, 2.45) is 0 Å². The van der Waals surface area contributed by atoms with Gasteiger partial charge in [-0.05, 0) is 18.2 Å². The van der Waals surface area contributed by atoms with E-state index in [-0.39, 0.29) is 0 Å². The van der Waals surface area contributed by atoms with E-state index in [0.29, 0.717) is 17.1 Å². The SMILES string of the molecule is COc1cc(C#N)cc(-c2ccccn2)c1OC. The van der Waals surface area contributed by atoms with Crippen LogP contribution in [0.1, 0.15) is 5.56 Å². The lowest BCUT2D eigenvalue weighted by atomic mass is 10.1. The van der Waals surface area contributed by atoms with Crippen molar-refractivity contribution in [2.45, 2.75) is 0 Å². The minimum atomic E-state index is 0.508. The third-order valence-corrected chi connectivity index (χ3v) is 2.55. The minimum Gasteiger partial charge on any atom is -0.493 e. The van der Waals surface area contributed by atoms with Crippen LogP contribution in [0.25, 0.3) is 11.3 Å². The second-order valence-corrected chi connectivity index (χ2v) is 3.59. The molecule has 4 heteroatoms. The monoisotopic (exact) mass is 240 g/mol. The van der Waals surface area contributed by atoms with E-state index < -0.39 is 0 Å². The smallest absolute Gasteiger partial charge is 0.170 e. The normalized spacial score (nSPS) is 9.61. The average molecular weight is 240 g/mol. The summed E-state index contributed by atoms with van der Waals surface area (Å²) in [6, 6.07) is 11.1. The molecule has 0 aliphatic carbocycles. The summed E-state index contributed by atoms with van der Waals surface area (Å²) in [5.41, 5.74) is 1.99. The maximum atomic E-state index is 9.03. The second kappa shape index (κ2) is 5.19. The minimum absolute atomic E-state index is 0.508. The number of rotatable bonds is 3. The summed E-state index contributed by atoms with van der Waals surface area (Å²) >= 11 is 0. The van der Waals surface area contributed by atoms with Gasteiger partial charge in [0.1, 0.15) is 0 Å². The fraction of sp³-hybridized carbons (Fsp3) is 0.143. The maximum absolute atomic E-state index is 9.03. The Morgan fingerprint density at radius 1 is 1.17 bits per heavy atom. The van der Waals surface area contributed by atoms with Gasteiger partial charge in [-0.1, -0.05) is 6.07 Å². The average Bonchev–Trinajstić information content (AvgIpc) is 2.46. The van der Waals surface area contributed by atoms with Crippen LogP contribution >= 0.6 is 0 Å². The van der Waals surface area contributed by atoms with E-state index in [1.165, 1.54) is 0 Å². The molecule has 0 spiro atoms. The molecule has 90 valence electrons. The molecule has 4 nitrogen and oxygen atoms in total. The number of hydrogen-bond donors (Lipinski definition) is 0. The lowest BCUT2D eigenvalue weighted by Crippen LogP contribution is -1.95. The Labute approximate surface area is 105 Å². The van der Waals surface area contributed by atoms with E-state index in [1.54, 1.807) is 32.5 Å². The van der Waals surface area contributed by atoms with Crippen LogP contribution in [-0.4, -0.2) is 19.2 Å². The maximum Gasteiger partial charge on any atom is 0.170 e. The van der Waals surface area contributed by atoms with Gasteiger partial charge in [-0.15, -0.1) is 0 Å². The number of ether oxygens (including phenoxy) is 2. The summed E-state index contributed by atoms with van der Waals surface area (Å²) in [7, 11) is 3.11. The number of hydrogen-bond acceptors (Lipinski definition) is 4. The van der Waals surface area contributed by atoms with E-state index in [9.17, 15) is 0 Å². The summed E-state index contributed by atoms with van der Waals surface area (Å²) < 4.78 is 10.6. The van der Waals surface area contributed by atoms with Crippen molar-refractivity contribution < 1.29 is 9.47 Å². The molecule has 0 aliphatic heterocycles. The quantitative estimate of drug-likeness (QED) is 0.827. The van der Waals surface area contributed by atoms with E-state index in [4.69, 9.17) is 14.7 Å². The first-order valence-corrected chi connectivity index (χ1v) is 5.37. The fourth-order valence-electron chi connectivity index (χ4n) is 1.74. The van der Waals surface area contributed by atoms with Gasteiger partial charge in [0.15, 0.2) is 11.5 Å². The van der Waals surface area contributed by atoms with Crippen molar-refractivity contribution in [3.05, 3.63) is 42.1 Å². The van der Waals surface area contributed by atoms with Crippen molar-refractivity contribution >= 4 is 0 Å². The molecule has 1 heterocycles. The predicted octanol–water partition coefficient (Wildman–Crippen LogP) is 2.64. The lowest BCUT2D eigenvalue weighted by Gasteiger charge is -2.12. The van der Waals surface area contributed by atoms with E-state index in [1.807, 2.05) is 18.2 Å². The van der Waals surface area contributed by atoms with Crippen molar-refractivity contribution in [3.63, 3.8) is 0 Å². The highest BCUT2D eigenvalue weighted by atomic mass is 16.5. The van der Waals surface area contributed by atoms with Crippen molar-refractivity contribution in [1.29, 1.82) is 5.26 Å². The number of aromatic nitrogens is 1. The molecule has 18 heavy (non-hydrogen) atoms. The van der Waals surface area contributed by atoms with Gasteiger partial charge in [-0.2, -0.15) is 5.26 Å². The molecule has 2 rings (SSSR count). The van der Waals surface area contributed by atoms with Gasteiger partial charge in [0.05, 0.1) is 31.5 Å². The highest BCUT2D eigenvalue weighted by Crippen LogP contribution is 2.38. The number of benzene rings is 1. The standard InChI is InChI=1S/C14H12N2O2/c1-17-13-8-10(9-15)7-11(14(13)18-2)12-5-3-4-6-16-12/h3-8H,1-2H3. The molecule has 0 amide bonds. The molecule has 0 aliphatic rings. The summed E-state index contributed by atoms with van der Waals surface area (Å²) in [6.45, 7) is 0. The van der Waals surface area contributed by atoms with E-state index >= 15 is 0 Å². The number of pyridine rings is 1. The Bertz CT molecular complexity index is 589. The molecule has 0 saturated carbocycles. The van der Waals surface area contributed by atoms with Crippen LogP contribution in [0.3, 0.4) is 0 Å². The zero-order chi connectivity index (χ0) is 13.0. The molecule has 0 atom stereocenters. The topological polar surface area (TPSA) is 55.1 Å². The van der Waals surface area contributed by atoms with Crippen LogP contribution in [0, 0.1) is 11.3 Å². The Morgan fingerprint density at radius 3 is 2.56 bits per heavy atom. The third-order valence-electron chi connectivity index (χ3n) is 2.55. The largest absolute Gasteiger partial charge is 0.493 e. The summed E-state index contributed by atoms with van der Waals surface area (Å²) in [6.07, 6.45) is 1.69. The van der Waals surface area contributed by atoms with Crippen LogP contribution in [0.15, 0.2) is 36.5 Å². The molecule has 0 fully saturated rings. The second-order valence-electron chi connectivity index (χ2n) is 3.59. The van der Waals surface area contributed by atoms with Crippen LogP contribution < -0.4 is 9.47 Å². The first kappa shape index (κ1) is 11.9. The predicted molar refractivity (Wildman–Crippen MR) is 67.5 cm³/mol. The first-order chi connectivity index (χ1) is 8.80. The van der Waals surface area contributed by atoms with Crippen LogP contribution in [0.5, 0.6) is 11.5 Å². The number of methoxy groups -OCH3 is 2. The van der Waals surface area contributed by atoms with Gasteiger partial charge in [-0.3, -0.25) is 4.98 Å².